The van der Waals surface area contributed by atoms with Crippen LogP contribution >= 0.6 is 22.9 Å². The van der Waals surface area contributed by atoms with Crippen LogP contribution in [0.4, 0.5) is 5.69 Å². The first-order valence-corrected chi connectivity index (χ1v) is 14.8. The number of halogens is 1. The fourth-order valence-corrected chi connectivity index (χ4v) is 6.06. The third-order valence-electron chi connectivity index (χ3n) is 7.06. The number of carbonyl (C=O) groups is 1. The van der Waals surface area contributed by atoms with E-state index in [-0.39, 0.29) is 17.9 Å². The third kappa shape index (κ3) is 6.15. The van der Waals surface area contributed by atoms with Crippen molar-refractivity contribution in [3.05, 3.63) is 129 Å². The number of nitro benzene ring substituents is 1. The minimum atomic E-state index is -0.968. The monoisotopic (exact) mass is 633 g/mol. The Morgan fingerprint density at radius 3 is 2.55 bits per heavy atom. The summed E-state index contributed by atoms with van der Waals surface area (Å²) >= 11 is 7.12. The van der Waals surface area contributed by atoms with Crippen LogP contribution in [-0.2, 0) is 16.1 Å². The van der Waals surface area contributed by atoms with Gasteiger partial charge in [0, 0.05) is 16.7 Å². The van der Waals surface area contributed by atoms with Crippen molar-refractivity contribution >= 4 is 40.7 Å². The standard InChI is InChI=1S/C32H28ClN3O7S/c1-5-42-31(38)28-19(3)34-32-35(29(28)22-10-6-18(2)24(16-22)36(39)40)30(37)27(44-32)15-21-9-13-25(26(14-21)41-4)43-17-20-7-11-23(33)12-8-20/h6-16,29H,5,17H2,1-4H3/b27-15+/t29-/m0/s1. The van der Waals surface area contributed by atoms with Crippen LogP contribution in [0.1, 0.15) is 42.1 Å². The SMILES string of the molecule is CCOC(=O)C1=C(C)N=c2s/c(=C/c3ccc(OCc4ccc(Cl)cc4)c(OC)c3)c(=O)n2[C@H]1c1ccc(C)c([N+](=O)[O-])c1. The Morgan fingerprint density at radius 1 is 1.11 bits per heavy atom. The maximum atomic E-state index is 13.9. The lowest BCUT2D eigenvalue weighted by Gasteiger charge is -2.24. The molecule has 10 nitrogen and oxygen atoms in total. The quantitative estimate of drug-likeness (QED) is 0.140. The molecular weight excluding hydrogens is 606 g/mol. The van der Waals surface area contributed by atoms with Gasteiger partial charge >= 0.3 is 5.97 Å². The van der Waals surface area contributed by atoms with Gasteiger partial charge in [0.1, 0.15) is 6.61 Å². The predicted octanol–water partition coefficient (Wildman–Crippen LogP) is 5.26. The predicted molar refractivity (Wildman–Crippen MR) is 167 cm³/mol. The van der Waals surface area contributed by atoms with Gasteiger partial charge < -0.3 is 14.2 Å². The third-order valence-corrected chi connectivity index (χ3v) is 8.29. The summed E-state index contributed by atoms with van der Waals surface area (Å²) in [7, 11) is 1.53. The van der Waals surface area contributed by atoms with Crippen molar-refractivity contribution in [3.63, 3.8) is 0 Å². The van der Waals surface area contributed by atoms with E-state index in [1.807, 2.05) is 12.1 Å². The van der Waals surface area contributed by atoms with Gasteiger partial charge in [0.25, 0.3) is 11.2 Å². The number of methoxy groups -OCH3 is 1. The van der Waals surface area contributed by atoms with Crippen molar-refractivity contribution in [2.75, 3.05) is 13.7 Å². The molecule has 1 aromatic heterocycles. The summed E-state index contributed by atoms with van der Waals surface area (Å²) in [6.07, 6.45) is 1.70. The van der Waals surface area contributed by atoms with Crippen molar-refractivity contribution in [1.82, 2.24) is 4.57 Å². The molecule has 0 fully saturated rings. The van der Waals surface area contributed by atoms with Crippen LogP contribution < -0.4 is 24.4 Å². The molecule has 1 atom stereocenters. The molecular formula is C32H28ClN3O7S. The van der Waals surface area contributed by atoms with Gasteiger partial charge in [-0.3, -0.25) is 19.5 Å². The Balaban J connectivity index is 1.57. The first-order valence-electron chi connectivity index (χ1n) is 13.6. The Bertz CT molecular complexity index is 1980. The zero-order chi connectivity index (χ0) is 31.5. The Hall–Kier alpha value is -4.74. The number of ether oxygens (including phenoxy) is 3. The number of allylic oxidation sites excluding steroid dienone is 1. The zero-order valence-corrected chi connectivity index (χ0v) is 25.9. The molecule has 226 valence electrons. The molecule has 0 spiro atoms. The number of nitrogens with zero attached hydrogens (tertiary/aromatic N) is 3. The second kappa shape index (κ2) is 12.9. The number of benzene rings is 3. The highest BCUT2D eigenvalue weighted by molar-refractivity contribution is 7.07. The number of thiazole rings is 1. The van der Waals surface area contributed by atoms with E-state index in [2.05, 4.69) is 4.99 Å². The number of aryl methyl sites for hydroxylation is 1. The van der Waals surface area contributed by atoms with Crippen LogP contribution in [0, 0.1) is 17.0 Å². The number of nitro groups is 1. The van der Waals surface area contributed by atoms with Gasteiger partial charge in [0.2, 0.25) is 0 Å². The van der Waals surface area contributed by atoms with E-state index in [4.69, 9.17) is 25.8 Å². The Labute approximate surface area is 261 Å². The van der Waals surface area contributed by atoms with Crippen molar-refractivity contribution in [1.29, 1.82) is 0 Å². The van der Waals surface area contributed by atoms with E-state index in [0.717, 1.165) is 16.9 Å². The number of carbonyl (C=O) groups excluding carboxylic acids is 1. The van der Waals surface area contributed by atoms with Crippen LogP contribution in [0.5, 0.6) is 11.5 Å². The van der Waals surface area contributed by atoms with Crippen LogP contribution in [0.25, 0.3) is 6.08 Å². The molecule has 0 aliphatic carbocycles. The van der Waals surface area contributed by atoms with Gasteiger partial charge in [-0.25, -0.2) is 9.79 Å². The highest BCUT2D eigenvalue weighted by Crippen LogP contribution is 2.34. The largest absolute Gasteiger partial charge is 0.493 e. The lowest BCUT2D eigenvalue weighted by molar-refractivity contribution is -0.385. The topological polar surface area (TPSA) is 122 Å². The maximum absolute atomic E-state index is 13.9. The molecule has 12 heteroatoms. The summed E-state index contributed by atoms with van der Waals surface area (Å²) in [6.45, 7) is 5.39. The average Bonchev–Trinajstić information content (AvgIpc) is 3.30. The molecule has 1 aliphatic rings. The van der Waals surface area contributed by atoms with Gasteiger partial charge in [-0.05, 0) is 67.8 Å². The van der Waals surface area contributed by atoms with Crippen LogP contribution in [0.2, 0.25) is 5.02 Å². The van der Waals surface area contributed by atoms with Crippen molar-refractivity contribution in [2.45, 2.75) is 33.4 Å². The fourth-order valence-electron chi connectivity index (χ4n) is 4.89. The average molecular weight is 634 g/mol. The summed E-state index contributed by atoms with van der Waals surface area (Å²) in [5, 5.41) is 12.4. The number of rotatable bonds is 9. The highest BCUT2D eigenvalue weighted by Gasteiger charge is 2.34. The number of aromatic nitrogens is 1. The van der Waals surface area contributed by atoms with Crippen LogP contribution in [0.15, 0.2) is 81.7 Å². The highest BCUT2D eigenvalue weighted by atomic mass is 35.5. The minimum Gasteiger partial charge on any atom is -0.493 e. The van der Waals surface area contributed by atoms with Gasteiger partial charge in [0.05, 0.1) is 40.5 Å². The molecule has 0 unspecified atom stereocenters. The normalized spacial score (nSPS) is 14.6. The second-order valence-corrected chi connectivity index (χ2v) is 11.4. The molecule has 0 bridgehead atoms. The Morgan fingerprint density at radius 2 is 1.86 bits per heavy atom. The van der Waals surface area contributed by atoms with Crippen LogP contribution in [-0.4, -0.2) is 29.2 Å². The molecule has 5 rings (SSSR count). The maximum Gasteiger partial charge on any atom is 0.338 e. The number of hydrogen-bond acceptors (Lipinski definition) is 9. The lowest BCUT2D eigenvalue weighted by atomic mass is 9.94. The molecule has 0 N–H and O–H groups in total. The summed E-state index contributed by atoms with van der Waals surface area (Å²) in [5.41, 5.74) is 2.46. The number of esters is 1. The lowest BCUT2D eigenvalue weighted by Crippen LogP contribution is -2.40. The van der Waals surface area contributed by atoms with E-state index < -0.39 is 22.5 Å². The first kappa shape index (κ1) is 30.7. The van der Waals surface area contributed by atoms with E-state index in [0.29, 0.717) is 54.8 Å². The van der Waals surface area contributed by atoms with Crippen molar-refractivity contribution in [3.8, 4) is 11.5 Å². The molecule has 4 aromatic rings. The molecule has 0 radical (unpaired) electrons. The molecule has 3 aromatic carbocycles. The van der Waals surface area contributed by atoms with Gasteiger partial charge in [-0.1, -0.05) is 53.3 Å². The number of hydrogen-bond donors (Lipinski definition) is 0. The van der Waals surface area contributed by atoms with Gasteiger partial charge in [-0.15, -0.1) is 0 Å². The summed E-state index contributed by atoms with van der Waals surface area (Å²) in [6, 6.07) is 16.3. The molecule has 44 heavy (non-hydrogen) atoms. The first-order chi connectivity index (χ1) is 21.1. The minimum absolute atomic E-state index is 0.113. The van der Waals surface area contributed by atoms with Gasteiger partial charge in [0.15, 0.2) is 16.3 Å². The molecule has 1 aliphatic heterocycles. The molecule has 2 heterocycles. The van der Waals surface area contributed by atoms with Gasteiger partial charge in [-0.2, -0.15) is 0 Å². The van der Waals surface area contributed by atoms with Crippen molar-refractivity contribution < 1.29 is 23.9 Å². The summed E-state index contributed by atoms with van der Waals surface area (Å²) in [4.78, 5) is 43.2. The van der Waals surface area contributed by atoms with Crippen molar-refractivity contribution in [2.24, 2.45) is 4.99 Å². The molecule has 0 amide bonds. The van der Waals surface area contributed by atoms with E-state index in [1.54, 1.807) is 69.3 Å². The van der Waals surface area contributed by atoms with E-state index >= 15 is 0 Å². The molecule has 0 saturated heterocycles. The second-order valence-electron chi connectivity index (χ2n) is 9.93. The van der Waals surface area contributed by atoms with Crippen LogP contribution in [0.3, 0.4) is 0 Å². The fraction of sp³-hybridized carbons (Fsp3) is 0.219. The summed E-state index contributed by atoms with van der Waals surface area (Å²) in [5.74, 6) is 0.359. The molecule has 0 saturated carbocycles. The smallest absolute Gasteiger partial charge is 0.338 e. The van der Waals surface area contributed by atoms with E-state index in [9.17, 15) is 19.7 Å². The van der Waals surface area contributed by atoms with E-state index in [1.165, 1.54) is 17.7 Å². The summed E-state index contributed by atoms with van der Waals surface area (Å²) < 4.78 is 18.6. The Kier molecular flexibility index (Phi) is 8.98. The number of fused-ring (bicyclic) bond motifs is 1. The zero-order valence-electron chi connectivity index (χ0n) is 24.3.